The van der Waals surface area contributed by atoms with Gasteiger partial charge in [-0.05, 0) is 25.7 Å². The molecule has 0 aromatic rings. The minimum absolute atomic E-state index is 0.0856. The summed E-state index contributed by atoms with van der Waals surface area (Å²) in [5, 5.41) is 74.4. The van der Waals surface area contributed by atoms with E-state index in [1.165, 1.54) is 167 Å². The van der Waals surface area contributed by atoms with Crippen molar-refractivity contribution in [3.8, 4) is 0 Å². The Balaban J connectivity index is -0.000000407. The van der Waals surface area contributed by atoms with E-state index in [0.29, 0.717) is 8.97 Å². The van der Waals surface area contributed by atoms with Crippen LogP contribution in [0.4, 0.5) is 0 Å². The van der Waals surface area contributed by atoms with Gasteiger partial charge in [0.25, 0.3) is 11.0 Å². The first-order valence-corrected chi connectivity index (χ1v) is 29.5. The fourth-order valence-corrected chi connectivity index (χ4v) is 9.58. The SMILES string of the molecule is CCCCCCCCCCCCCCCCCC(=O)[O-].CCCCCCCCCCCCCCCCCC(=O)[O-].C[N+](C)(C)CC(O)=[P+]([O-])CC(O)CO.C[N+](C)(C)CC(O)=[P+]([O-])CC(O)CO. The fraction of sp³-hybridized carbons (Fsp3) is 0.923. The van der Waals surface area contributed by atoms with E-state index in [4.69, 9.17) is 20.4 Å². The first-order valence-electron chi connectivity index (χ1n) is 26.6. The van der Waals surface area contributed by atoms with Gasteiger partial charge in [0.05, 0.1) is 71.0 Å². The molecule has 0 aliphatic rings. The number of aliphatic carboxylic acids is 2. The third-order valence-electron chi connectivity index (χ3n) is 11.0. The second-order valence-electron chi connectivity index (χ2n) is 20.7. The Hall–Kier alpha value is -1.12. The molecule has 0 saturated carbocycles. The third kappa shape index (κ3) is 67.0. The summed E-state index contributed by atoms with van der Waals surface area (Å²) in [6, 6.07) is 0. The Morgan fingerprint density at radius 1 is 0.412 bits per heavy atom. The zero-order valence-electron chi connectivity index (χ0n) is 44.9. The smallest absolute Gasteiger partial charge is 0.274 e. The molecule has 408 valence electrons. The number of unbranched alkanes of at least 4 members (excludes halogenated alkanes) is 28. The van der Waals surface area contributed by atoms with E-state index < -0.39 is 52.9 Å². The van der Waals surface area contributed by atoms with Gasteiger partial charge in [-0.3, -0.25) is 0 Å². The summed E-state index contributed by atoms with van der Waals surface area (Å²) in [7, 11) is 7.27. The van der Waals surface area contributed by atoms with Gasteiger partial charge < -0.3 is 69.2 Å². The number of hydrogen-bond acceptors (Lipinski definition) is 10. The molecule has 0 bridgehead atoms. The van der Waals surface area contributed by atoms with Gasteiger partial charge in [-0.2, -0.15) is 0 Å². The van der Waals surface area contributed by atoms with Crippen LogP contribution in [0.15, 0.2) is 0 Å². The number of carbonyl (C=O) groups is 2. The molecule has 4 atom stereocenters. The second-order valence-corrected chi connectivity index (χ2v) is 23.9. The average molecular weight is 1020 g/mol. The monoisotopic (exact) mass is 1010 g/mol. The van der Waals surface area contributed by atoms with E-state index in [9.17, 15) is 39.8 Å². The zero-order valence-corrected chi connectivity index (χ0v) is 46.7. The maximum Gasteiger partial charge on any atom is 0.274 e. The summed E-state index contributed by atoms with van der Waals surface area (Å²) in [4.78, 5) is 43.2. The van der Waals surface area contributed by atoms with Gasteiger partial charge in [0.1, 0.15) is 24.5 Å². The minimum Gasteiger partial charge on any atom is -0.628 e. The molecular formula is C52H108N2O12P2. The van der Waals surface area contributed by atoms with E-state index in [1.807, 2.05) is 42.3 Å². The van der Waals surface area contributed by atoms with Crippen molar-refractivity contribution >= 4 is 38.4 Å². The van der Waals surface area contributed by atoms with Crippen molar-refractivity contribution in [2.24, 2.45) is 0 Å². The van der Waals surface area contributed by atoms with Crippen LogP contribution in [-0.4, -0.2) is 156 Å². The summed E-state index contributed by atoms with van der Waals surface area (Å²) < 4.78 is 0.949. The van der Waals surface area contributed by atoms with Crippen molar-refractivity contribution in [3.05, 3.63) is 0 Å². The number of likely N-dealkylation sites (N-methyl/N-ethyl adjacent to an activating group) is 2. The van der Waals surface area contributed by atoms with Crippen molar-refractivity contribution < 1.29 is 69.2 Å². The Bertz CT molecular complexity index is 1110. The predicted molar refractivity (Wildman–Crippen MR) is 279 cm³/mol. The molecule has 0 aliphatic heterocycles. The van der Waals surface area contributed by atoms with E-state index in [0.717, 1.165) is 25.7 Å². The topological polar surface area (TPSA) is 248 Å². The highest BCUT2D eigenvalue weighted by Crippen LogP contribution is 2.18. The van der Waals surface area contributed by atoms with Crippen molar-refractivity contribution in [2.45, 2.75) is 232 Å². The minimum atomic E-state index is -1.95. The second kappa shape index (κ2) is 52.2. The van der Waals surface area contributed by atoms with Gasteiger partial charge in [-0.15, -0.1) is 0 Å². The highest BCUT2D eigenvalue weighted by Gasteiger charge is 2.20. The molecular weight excluding hydrogens is 907 g/mol. The predicted octanol–water partition coefficient (Wildman–Crippen LogP) is 6.61. The number of nitrogens with zero attached hydrogens (tertiary/aromatic N) is 2. The van der Waals surface area contributed by atoms with Gasteiger partial charge in [-0.25, -0.2) is 0 Å². The van der Waals surface area contributed by atoms with Crippen LogP contribution in [0.3, 0.4) is 0 Å². The van der Waals surface area contributed by atoms with Gasteiger partial charge in [0, 0.05) is 11.9 Å². The van der Waals surface area contributed by atoms with Crippen LogP contribution in [0.5, 0.6) is 0 Å². The number of carboxylic acid groups (broad SMARTS) is 2. The number of rotatable bonds is 42. The highest BCUT2D eigenvalue weighted by atomic mass is 31.1. The summed E-state index contributed by atoms with van der Waals surface area (Å²) in [5.74, 6) is -1.81. The number of aliphatic hydroxyl groups excluding tert-OH is 6. The molecule has 0 fully saturated rings. The largest absolute Gasteiger partial charge is 0.628 e. The van der Waals surface area contributed by atoms with E-state index >= 15 is 0 Å². The Morgan fingerprint density at radius 3 is 0.765 bits per heavy atom. The normalized spacial score (nSPS) is 13.2. The average Bonchev–Trinajstić information content (AvgIpc) is 3.25. The lowest BCUT2D eigenvalue weighted by molar-refractivity contribution is -0.861. The highest BCUT2D eigenvalue weighted by molar-refractivity contribution is 7.51. The molecule has 0 heterocycles. The van der Waals surface area contributed by atoms with Crippen molar-refractivity contribution in [1.82, 2.24) is 0 Å². The number of aliphatic hydroxyl groups is 6. The molecule has 14 nitrogen and oxygen atoms in total. The number of carboxylic acids is 2. The van der Waals surface area contributed by atoms with Gasteiger partial charge >= 0.3 is 0 Å². The Kier molecular flexibility index (Phi) is 56.4. The van der Waals surface area contributed by atoms with E-state index in [1.54, 1.807) is 0 Å². The molecule has 0 saturated heterocycles. The van der Waals surface area contributed by atoms with Crippen LogP contribution in [0, 0.1) is 0 Å². The number of hydrogen-bond donors (Lipinski definition) is 6. The van der Waals surface area contributed by atoms with Crippen LogP contribution in [0.25, 0.3) is 0 Å². The van der Waals surface area contributed by atoms with Gasteiger partial charge in [-0.1, -0.05) is 194 Å². The maximum absolute atomic E-state index is 11.4. The van der Waals surface area contributed by atoms with Crippen LogP contribution < -0.4 is 20.0 Å². The summed E-state index contributed by atoms with van der Waals surface area (Å²) >= 11 is 0. The van der Waals surface area contributed by atoms with Gasteiger partial charge in [0.15, 0.2) is 13.1 Å². The van der Waals surface area contributed by atoms with Crippen molar-refractivity contribution in [3.63, 3.8) is 0 Å². The first-order chi connectivity index (χ1) is 32.1. The fourth-order valence-electron chi connectivity index (χ4n) is 7.00. The molecule has 0 radical (unpaired) electrons. The molecule has 0 aliphatic carbocycles. The molecule has 0 amide bonds. The summed E-state index contributed by atoms with van der Waals surface area (Å²) in [6.45, 7) is 4.24. The Labute approximate surface area is 418 Å². The zero-order chi connectivity index (χ0) is 52.5. The molecule has 0 spiro atoms. The van der Waals surface area contributed by atoms with Crippen LogP contribution in [0.2, 0.25) is 0 Å². The van der Waals surface area contributed by atoms with Crippen molar-refractivity contribution in [1.29, 1.82) is 0 Å². The summed E-state index contributed by atoms with van der Waals surface area (Å²) in [5.41, 5.74) is -0.222. The quantitative estimate of drug-likeness (QED) is 0.0215. The van der Waals surface area contributed by atoms with E-state index in [2.05, 4.69) is 13.8 Å². The number of quaternary nitrogens is 2. The molecule has 0 aromatic carbocycles. The van der Waals surface area contributed by atoms with Crippen LogP contribution in [0.1, 0.15) is 219 Å². The number of carbonyl (C=O) groups excluding carboxylic acids is 2. The maximum atomic E-state index is 11.4. The molecule has 6 N–H and O–H groups in total. The van der Waals surface area contributed by atoms with Crippen LogP contribution >= 0.6 is 15.5 Å². The first kappa shape index (κ1) is 73.4. The van der Waals surface area contributed by atoms with Gasteiger partial charge in [0.2, 0.25) is 0 Å². The molecule has 4 unspecified atom stereocenters. The molecule has 0 aromatic heterocycles. The molecule has 16 heteroatoms. The lowest BCUT2D eigenvalue weighted by Gasteiger charge is -2.22. The lowest BCUT2D eigenvalue weighted by Crippen LogP contribution is -2.40. The summed E-state index contributed by atoms with van der Waals surface area (Å²) in [6.07, 6.45) is 37.5. The third-order valence-corrected chi connectivity index (χ3v) is 13.9. The standard InChI is InChI=1S/2C18H36O2.2C8H18NO4P/c2*1-2-3-4-5-6-7-8-9-10-11-12-13-14-15-16-17-18(19)20;2*1-9(2,3)4-8(12)14(13)6-7(11)5-10/h2*2-17H2,1H3,(H,19,20);2*7,10-11H,4-6H2,1-3H3. The Morgan fingerprint density at radius 2 is 0.603 bits per heavy atom. The van der Waals surface area contributed by atoms with Crippen molar-refractivity contribution in [2.75, 3.05) is 80.9 Å². The van der Waals surface area contributed by atoms with E-state index in [-0.39, 0.29) is 49.2 Å². The lowest BCUT2D eigenvalue weighted by atomic mass is 10.0. The van der Waals surface area contributed by atoms with Crippen LogP contribution in [-0.2, 0) is 9.59 Å². The molecule has 68 heavy (non-hydrogen) atoms. The molecule has 0 rings (SSSR count).